The average molecular weight is 393 g/mol. The lowest BCUT2D eigenvalue weighted by molar-refractivity contribution is -0.115. The molecule has 6 nitrogen and oxygen atoms in total. The lowest BCUT2D eigenvalue weighted by Gasteiger charge is -2.19. The molecule has 1 N–H and O–H groups in total. The number of amides is 1. The summed E-state index contributed by atoms with van der Waals surface area (Å²) in [6.45, 7) is 8.77. The number of hydrogen-bond donors (Lipinski definition) is 1. The van der Waals surface area contributed by atoms with E-state index in [1.54, 1.807) is 0 Å². The van der Waals surface area contributed by atoms with Crippen molar-refractivity contribution >= 4 is 22.9 Å². The molecular weight excluding hydrogens is 364 g/mol. The van der Waals surface area contributed by atoms with Gasteiger partial charge in [-0.2, -0.15) is 0 Å². The molecule has 1 aliphatic heterocycles. The molecule has 0 aliphatic carbocycles. The number of aromatic nitrogens is 2. The summed E-state index contributed by atoms with van der Waals surface area (Å²) < 4.78 is 7.66. The van der Waals surface area contributed by atoms with E-state index in [4.69, 9.17) is 4.74 Å². The summed E-state index contributed by atoms with van der Waals surface area (Å²) in [7, 11) is 0. The number of nitrogens with zero attached hydrogens (tertiary/aromatic N) is 3. The highest BCUT2D eigenvalue weighted by molar-refractivity contribution is 5.93. The Morgan fingerprint density at radius 3 is 2.86 bits per heavy atom. The summed E-state index contributed by atoms with van der Waals surface area (Å²) >= 11 is 0. The van der Waals surface area contributed by atoms with E-state index in [1.165, 1.54) is 5.56 Å². The van der Waals surface area contributed by atoms with E-state index in [0.29, 0.717) is 12.4 Å². The molecule has 29 heavy (non-hydrogen) atoms. The van der Waals surface area contributed by atoms with Gasteiger partial charge in [0.1, 0.15) is 5.75 Å². The smallest absolute Gasteiger partial charge is 0.231 e. The minimum Gasteiger partial charge on any atom is -0.493 e. The van der Waals surface area contributed by atoms with Crippen LogP contribution in [0.15, 0.2) is 42.5 Å². The van der Waals surface area contributed by atoms with E-state index >= 15 is 0 Å². The Kier molecular flexibility index (Phi) is 5.81. The van der Waals surface area contributed by atoms with Crippen LogP contribution in [0.3, 0.4) is 0 Å². The van der Waals surface area contributed by atoms with Crippen molar-refractivity contribution in [3.8, 4) is 5.75 Å². The highest BCUT2D eigenvalue weighted by Crippen LogP contribution is 2.26. The third-order valence-corrected chi connectivity index (χ3v) is 5.56. The van der Waals surface area contributed by atoms with E-state index in [2.05, 4.69) is 45.7 Å². The highest BCUT2D eigenvalue weighted by atomic mass is 16.5. The number of hydrogen-bond acceptors (Lipinski definition) is 4. The molecule has 0 spiro atoms. The number of imidazole rings is 1. The van der Waals surface area contributed by atoms with Gasteiger partial charge in [-0.05, 0) is 42.4 Å². The topological polar surface area (TPSA) is 59.4 Å². The predicted molar refractivity (Wildman–Crippen MR) is 115 cm³/mol. The molecule has 2 aromatic carbocycles. The number of rotatable bonds is 8. The van der Waals surface area contributed by atoms with Crippen molar-refractivity contribution in [2.24, 2.45) is 0 Å². The molecule has 4 rings (SSSR count). The second-order valence-electron chi connectivity index (χ2n) is 7.37. The Labute approximate surface area is 171 Å². The second-order valence-corrected chi connectivity index (χ2v) is 7.37. The molecular formula is C23H28N4O2. The van der Waals surface area contributed by atoms with Crippen LogP contribution in [-0.4, -0.2) is 46.6 Å². The quantitative estimate of drug-likeness (QED) is 0.637. The van der Waals surface area contributed by atoms with Crippen molar-refractivity contribution in [2.45, 2.75) is 33.2 Å². The normalized spacial score (nSPS) is 12.9. The highest BCUT2D eigenvalue weighted by Gasteiger charge is 2.16. The number of ether oxygens (including phenoxy) is 1. The second kappa shape index (κ2) is 8.66. The van der Waals surface area contributed by atoms with Crippen LogP contribution in [0.1, 0.15) is 25.0 Å². The van der Waals surface area contributed by atoms with Gasteiger partial charge in [-0.1, -0.05) is 38.1 Å². The van der Waals surface area contributed by atoms with Gasteiger partial charge in [-0.25, -0.2) is 4.98 Å². The van der Waals surface area contributed by atoms with Gasteiger partial charge in [0, 0.05) is 19.5 Å². The molecule has 1 aromatic heterocycles. The van der Waals surface area contributed by atoms with Crippen LogP contribution in [0.2, 0.25) is 0 Å². The minimum atomic E-state index is -0.0525. The van der Waals surface area contributed by atoms with Crippen molar-refractivity contribution in [3.63, 3.8) is 0 Å². The SMILES string of the molecule is CCN(CC)CCn1c(NC(=O)Cc2ccc3c(c2)CCO3)nc2ccccc21. The van der Waals surface area contributed by atoms with E-state index in [-0.39, 0.29) is 5.91 Å². The number of carbonyl (C=O) groups is 1. The molecule has 0 bridgehead atoms. The lowest BCUT2D eigenvalue weighted by Crippen LogP contribution is -2.28. The Hall–Kier alpha value is -2.86. The first-order valence-corrected chi connectivity index (χ1v) is 10.4. The lowest BCUT2D eigenvalue weighted by atomic mass is 10.1. The average Bonchev–Trinajstić information content (AvgIpc) is 3.32. The first-order chi connectivity index (χ1) is 14.2. The third-order valence-electron chi connectivity index (χ3n) is 5.56. The molecule has 0 saturated heterocycles. The number of likely N-dealkylation sites (N-methyl/N-ethyl adjacent to an activating group) is 1. The van der Waals surface area contributed by atoms with Gasteiger partial charge >= 0.3 is 0 Å². The zero-order valence-electron chi connectivity index (χ0n) is 17.1. The molecule has 0 saturated carbocycles. The van der Waals surface area contributed by atoms with Crippen LogP contribution in [0.25, 0.3) is 11.0 Å². The van der Waals surface area contributed by atoms with Crippen LogP contribution < -0.4 is 10.1 Å². The molecule has 0 fully saturated rings. The fourth-order valence-electron chi connectivity index (χ4n) is 3.88. The zero-order chi connectivity index (χ0) is 20.2. The molecule has 0 atom stereocenters. The third kappa shape index (κ3) is 4.27. The summed E-state index contributed by atoms with van der Waals surface area (Å²) in [5.74, 6) is 1.50. The van der Waals surface area contributed by atoms with Crippen LogP contribution in [0.4, 0.5) is 5.95 Å². The Balaban J connectivity index is 1.51. The van der Waals surface area contributed by atoms with Gasteiger partial charge in [0.25, 0.3) is 0 Å². The van der Waals surface area contributed by atoms with Crippen molar-refractivity contribution in [3.05, 3.63) is 53.6 Å². The maximum Gasteiger partial charge on any atom is 0.231 e. The summed E-state index contributed by atoms with van der Waals surface area (Å²) in [5, 5.41) is 3.04. The summed E-state index contributed by atoms with van der Waals surface area (Å²) in [4.78, 5) is 19.8. The Bertz CT molecular complexity index is 1010. The number of anilines is 1. The fourth-order valence-corrected chi connectivity index (χ4v) is 3.88. The van der Waals surface area contributed by atoms with Crippen molar-refractivity contribution < 1.29 is 9.53 Å². The molecule has 6 heteroatoms. The molecule has 1 aliphatic rings. The maximum absolute atomic E-state index is 12.8. The first kappa shape index (κ1) is 19.5. The minimum absolute atomic E-state index is 0.0525. The molecule has 152 valence electrons. The Morgan fingerprint density at radius 1 is 1.21 bits per heavy atom. The molecule has 1 amide bonds. The van der Waals surface area contributed by atoms with Crippen LogP contribution in [0.5, 0.6) is 5.75 Å². The van der Waals surface area contributed by atoms with Gasteiger partial charge in [-0.3, -0.25) is 10.1 Å². The van der Waals surface area contributed by atoms with Crippen molar-refractivity contribution in [1.29, 1.82) is 0 Å². The van der Waals surface area contributed by atoms with Gasteiger partial charge < -0.3 is 14.2 Å². The number of nitrogens with one attached hydrogen (secondary N) is 1. The van der Waals surface area contributed by atoms with E-state index in [9.17, 15) is 4.79 Å². The number of benzene rings is 2. The molecule has 2 heterocycles. The van der Waals surface area contributed by atoms with Crippen LogP contribution >= 0.6 is 0 Å². The van der Waals surface area contributed by atoms with Gasteiger partial charge in [0.15, 0.2) is 0 Å². The number of fused-ring (bicyclic) bond motifs is 2. The van der Waals surface area contributed by atoms with Crippen LogP contribution in [-0.2, 0) is 24.2 Å². The van der Waals surface area contributed by atoms with E-state index < -0.39 is 0 Å². The monoisotopic (exact) mass is 392 g/mol. The molecule has 0 unspecified atom stereocenters. The maximum atomic E-state index is 12.8. The number of carbonyl (C=O) groups excluding carboxylic acids is 1. The Morgan fingerprint density at radius 2 is 2.03 bits per heavy atom. The summed E-state index contributed by atoms with van der Waals surface area (Å²) in [5.41, 5.74) is 4.13. The van der Waals surface area contributed by atoms with Gasteiger partial charge in [-0.15, -0.1) is 0 Å². The first-order valence-electron chi connectivity index (χ1n) is 10.4. The van der Waals surface area contributed by atoms with Crippen molar-refractivity contribution in [1.82, 2.24) is 14.5 Å². The van der Waals surface area contributed by atoms with Crippen molar-refractivity contribution in [2.75, 3.05) is 31.6 Å². The van der Waals surface area contributed by atoms with Gasteiger partial charge in [0.05, 0.1) is 24.1 Å². The summed E-state index contributed by atoms with van der Waals surface area (Å²) in [6.07, 6.45) is 1.23. The fraction of sp³-hybridized carbons (Fsp3) is 0.391. The number of para-hydroxylation sites is 2. The zero-order valence-corrected chi connectivity index (χ0v) is 17.1. The van der Waals surface area contributed by atoms with E-state index in [0.717, 1.165) is 61.6 Å². The van der Waals surface area contributed by atoms with Gasteiger partial charge in [0.2, 0.25) is 11.9 Å². The predicted octanol–water partition coefficient (Wildman–Crippen LogP) is 3.49. The largest absolute Gasteiger partial charge is 0.493 e. The summed E-state index contributed by atoms with van der Waals surface area (Å²) in [6, 6.07) is 14.0. The standard InChI is InChI=1S/C23H28N4O2/c1-3-26(4-2)12-13-27-20-8-6-5-7-19(20)24-23(27)25-22(28)16-17-9-10-21-18(15-17)11-14-29-21/h5-10,15H,3-4,11-14,16H2,1-2H3,(H,24,25,28). The van der Waals surface area contributed by atoms with E-state index in [1.807, 2.05) is 30.3 Å². The molecule has 3 aromatic rings. The van der Waals surface area contributed by atoms with Crippen LogP contribution in [0, 0.1) is 0 Å². The molecule has 0 radical (unpaired) electrons.